The predicted molar refractivity (Wildman–Crippen MR) is 126 cm³/mol. The highest BCUT2D eigenvalue weighted by Gasteiger charge is 2.17. The van der Waals surface area contributed by atoms with E-state index in [1.54, 1.807) is 7.05 Å². The van der Waals surface area contributed by atoms with E-state index in [1.165, 1.54) is 4.90 Å². The first-order valence-electron chi connectivity index (χ1n) is 10.9. The molecular formula is C25H30N4O4. The smallest absolute Gasteiger partial charge is 0.243 e. The predicted octanol–water partition coefficient (Wildman–Crippen LogP) is 4.09. The SMILES string of the molecule is CCOc1ccc(-c2noc(CCC(=O)N(C)CC(=O)Nc3c(C)cc(C)cc3C)n2)cc1. The number of hydrogen-bond donors (Lipinski definition) is 1. The maximum atomic E-state index is 12.5. The first-order chi connectivity index (χ1) is 15.8. The van der Waals surface area contributed by atoms with Crippen molar-refractivity contribution in [2.24, 2.45) is 0 Å². The zero-order valence-corrected chi connectivity index (χ0v) is 19.8. The van der Waals surface area contributed by atoms with Crippen molar-refractivity contribution in [1.29, 1.82) is 0 Å². The molecule has 0 spiro atoms. The molecule has 0 bridgehead atoms. The maximum absolute atomic E-state index is 12.5. The van der Waals surface area contributed by atoms with Gasteiger partial charge < -0.3 is 19.5 Å². The van der Waals surface area contributed by atoms with Crippen LogP contribution in [-0.2, 0) is 16.0 Å². The van der Waals surface area contributed by atoms with Crippen LogP contribution < -0.4 is 10.1 Å². The molecule has 0 fully saturated rings. The maximum Gasteiger partial charge on any atom is 0.243 e. The van der Waals surface area contributed by atoms with Gasteiger partial charge >= 0.3 is 0 Å². The minimum Gasteiger partial charge on any atom is -0.494 e. The van der Waals surface area contributed by atoms with Gasteiger partial charge in [0, 0.05) is 31.1 Å². The number of amides is 2. The fourth-order valence-electron chi connectivity index (χ4n) is 3.61. The number of aryl methyl sites for hydroxylation is 4. The molecule has 2 amide bonds. The third-order valence-corrected chi connectivity index (χ3v) is 5.19. The number of anilines is 1. The monoisotopic (exact) mass is 450 g/mol. The molecular weight excluding hydrogens is 420 g/mol. The highest BCUT2D eigenvalue weighted by molar-refractivity contribution is 5.95. The van der Waals surface area contributed by atoms with E-state index in [4.69, 9.17) is 9.26 Å². The molecule has 0 unspecified atom stereocenters. The Bertz CT molecular complexity index is 1100. The van der Waals surface area contributed by atoms with Crippen LogP contribution in [0.25, 0.3) is 11.4 Å². The van der Waals surface area contributed by atoms with E-state index in [1.807, 2.05) is 64.1 Å². The zero-order valence-electron chi connectivity index (χ0n) is 19.8. The molecule has 0 aliphatic carbocycles. The van der Waals surface area contributed by atoms with Gasteiger partial charge in [0.05, 0.1) is 13.2 Å². The number of likely N-dealkylation sites (N-methyl/N-ethyl adjacent to an activating group) is 1. The van der Waals surface area contributed by atoms with Crippen LogP contribution in [0.1, 0.15) is 35.9 Å². The number of carbonyl (C=O) groups excluding carboxylic acids is 2. The molecule has 0 saturated carbocycles. The van der Waals surface area contributed by atoms with Gasteiger partial charge in [0.25, 0.3) is 0 Å². The summed E-state index contributed by atoms with van der Waals surface area (Å²) in [4.78, 5) is 30.7. The van der Waals surface area contributed by atoms with Crippen LogP contribution in [0.15, 0.2) is 40.9 Å². The normalized spacial score (nSPS) is 10.7. The first kappa shape index (κ1) is 24.0. The highest BCUT2D eigenvalue weighted by Crippen LogP contribution is 2.22. The van der Waals surface area contributed by atoms with E-state index >= 15 is 0 Å². The van der Waals surface area contributed by atoms with Gasteiger partial charge in [-0.05, 0) is 63.1 Å². The van der Waals surface area contributed by atoms with E-state index in [-0.39, 0.29) is 24.8 Å². The average molecular weight is 451 g/mol. The van der Waals surface area contributed by atoms with Gasteiger partial charge in [0.1, 0.15) is 5.75 Å². The van der Waals surface area contributed by atoms with Crippen molar-refractivity contribution < 1.29 is 18.8 Å². The number of ether oxygens (including phenoxy) is 1. The van der Waals surface area contributed by atoms with Crippen LogP contribution in [0.4, 0.5) is 5.69 Å². The molecule has 3 rings (SSSR count). The molecule has 3 aromatic rings. The first-order valence-corrected chi connectivity index (χ1v) is 10.9. The quantitative estimate of drug-likeness (QED) is 0.527. The summed E-state index contributed by atoms with van der Waals surface area (Å²) in [6, 6.07) is 11.4. The number of carbonyl (C=O) groups is 2. The van der Waals surface area contributed by atoms with Crippen LogP contribution >= 0.6 is 0 Å². The molecule has 0 aliphatic heterocycles. The lowest BCUT2D eigenvalue weighted by Crippen LogP contribution is -2.35. The summed E-state index contributed by atoms with van der Waals surface area (Å²) in [5, 5.41) is 6.90. The molecule has 33 heavy (non-hydrogen) atoms. The Kier molecular flexibility index (Phi) is 7.82. The molecule has 1 N–H and O–H groups in total. The van der Waals surface area contributed by atoms with Gasteiger partial charge in [-0.3, -0.25) is 9.59 Å². The summed E-state index contributed by atoms with van der Waals surface area (Å²) in [7, 11) is 1.61. The number of rotatable bonds is 9. The lowest BCUT2D eigenvalue weighted by Gasteiger charge is -2.18. The van der Waals surface area contributed by atoms with Crippen LogP contribution in [0, 0.1) is 20.8 Å². The number of hydrogen-bond acceptors (Lipinski definition) is 6. The summed E-state index contributed by atoms with van der Waals surface area (Å²) in [6.07, 6.45) is 0.461. The Morgan fingerprint density at radius 3 is 2.39 bits per heavy atom. The van der Waals surface area contributed by atoms with Crippen LogP contribution in [0.5, 0.6) is 5.75 Å². The van der Waals surface area contributed by atoms with E-state index in [0.717, 1.165) is 33.7 Å². The Morgan fingerprint density at radius 1 is 1.09 bits per heavy atom. The van der Waals surface area contributed by atoms with Gasteiger partial charge in [-0.2, -0.15) is 4.98 Å². The summed E-state index contributed by atoms with van der Waals surface area (Å²) in [5.74, 6) is 1.18. The molecule has 0 radical (unpaired) electrons. The largest absolute Gasteiger partial charge is 0.494 e. The van der Waals surface area contributed by atoms with E-state index in [2.05, 4.69) is 15.5 Å². The fourth-order valence-corrected chi connectivity index (χ4v) is 3.61. The van der Waals surface area contributed by atoms with Crippen molar-refractivity contribution >= 4 is 17.5 Å². The number of benzene rings is 2. The minimum absolute atomic E-state index is 0.0349. The molecule has 1 aromatic heterocycles. The molecule has 2 aromatic carbocycles. The highest BCUT2D eigenvalue weighted by atomic mass is 16.5. The second-order valence-corrected chi connectivity index (χ2v) is 8.04. The van der Waals surface area contributed by atoms with Crippen molar-refractivity contribution in [3.63, 3.8) is 0 Å². The summed E-state index contributed by atoms with van der Waals surface area (Å²) >= 11 is 0. The molecule has 0 atom stereocenters. The van der Waals surface area contributed by atoms with Crippen LogP contribution in [0.2, 0.25) is 0 Å². The minimum atomic E-state index is -0.239. The van der Waals surface area contributed by atoms with Crippen LogP contribution in [-0.4, -0.2) is 47.1 Å². The van der Waals surface area contributed by atoms with E-state index in [0.29, 0.717) is 24.7 Å². The second kappa shape index (κ2) is 10.8. The lowest BCUT2D eigenvalue weighted by molar-refractivity contribution is -0.133. The summed E-state index contributed by atoms with van der Waals surface area (Å²) in [6.45, 7) is 8.42. The van der Waals surface area contributed by atoms with Gasteiger partial charge in [0.2, 0.25) is 23.5 Å². The average Bonchev–Trinajstić information content (AvgIpc) is 3.24. The van der Waals surface area contributed by atoms with Crippen molar-refractivity contribution in [2.75, 3.05) is 25.5 Å². The van der Waals surface area contributed by atoms with Gasteiger partial charge in [0.15, 0.2) is 0 Å². The van der Waals surface area contributed by atoms with E-state index in [9.17, 15) is 9.59 Å². The molecule has 1 heterocycles. The van der Waals surface area contributed by atoms with Crippen LogP contribution in [0.3, 0.4) is 0 Å². The molecule has 0 aliphatic rings. The molecule has 8 heteroatoms. The third kappa shape index (κ3) is 6.41. The fraction of sp³-hybridized carbons (Fsp3) is 0.360. The topological polar surface area (TPSA) is 97.6 Å². The molecule has 8 nitrogen and oxygen atoms in total. The Balaban J connectivity index is 1.51. The van der Waals surface area contributed by atoms with Crippen molar-refractivity contribution in [3.05, 3.63) is 59.0 Å². The zero-order chi connectivity index (χ0) is 24.0. The Morgan fingerprint density at radius 2 is 1.76 bits per heavy atom. The standard InChI is InChI=1S/C25H30N4O4/c1-6-32-20-9-7-19(8-10-20)25-27-22(33-28-25)11-12-23(31)29(5)15-21(30)26-24-17(3)13-16(2)14-18(24)4/h7-10,13-14H,6,11-12,15H2,1-5H3,(H,26,30). The van der Waals surface area contributed by atoms with Gasteiger partial charge in [-0.1, -0.05) is 22.9 Å². The number of nitrogens with zero attached hydrogens (tertiary/aromatic N) is 3. The second-order valence-electron chi connectivity index (χ2n) is 8.04. The third-order valence-electron chi connectivity index (χ3n) is 5.19. The van der Waals surface area contributed by atoms with E-state index < -0.39 is 0 Å². The van der Waals surface area contributed by atoms with Gasteiger partial charge in [-0.15, -0.1) is 0 Å². The number of nitrogens with one attached hydrogen (secondary N) is 1. The lowest BCUT2D eigenvalue weighted by atomic mass is 10.1. The van der Waals surface area contributed by atoms with Gasteiger partial charge in [-0.25, -0.2) is 0 Å². The number of aromatic nitrogens is 2. The summed E-state index contributed by atoms with van der Waals surface area (Å²) < 4.78 is 10.7. The van der Waals surface area contributed by atoms with Crippen molar-refractivity contribution in [3.8, 4) is 17.1 Å². The Labute approximate surface area is 193 Å². The molecule has 0 saturated heterocycles. The van der Waals surface area contributed by atoms with Crippen molar-refractivity contribution in [2.45, 2.75) is 40.5 Å². The molecule has 174 valence electrons. The summed E-state index contributed by atoms with van der Waals surface area (Å²) in [5.41, 5.74) is 4.72. The van der Waals surface area contributed by atoms with Crippen molar-refractivity contribution in [1.82, 2.24) is 15.0 Å². The Hall–Kier alpha value is -3.68.